The number of aryl methyl sites for hydroxylation is 2. The monoisotopic (exact) mass is 309 g/mol. The lowest BCUT2D eigenvalue weighted by Gasteiger charge is -2.26. The van der Waals surface area contributed by atoms with Crippen LogP contribution < -0.4 is 0 Å². The van der Waals surface area contributed by atoms with E-state index in [1.165, 1.54) is 0 Å². The molecule has 0 spiro atoms. The minimum absolute atomic E-state index is 0.0705. The Balaban J connectivity index is 2.37. The van der Waals surface area contributed by atoms with Crippen LogP contribution in [0.4, 0.5) is 0 Å². The zero-order valence-electron chi connectivity index (χ0n) is 13.4. The maximum Gasteiger partial charge on any atom is 0.254 e. The lowest BCUT2D eigenvalue weighted by atomic mass is 9.93. The molecule has 1 amide bonds. The molecule has 1 fully saturated rings. The van der Waals surface area contributed by atoms with Crippen molar-refractivity contribution < 1.29 is 13.2 Å². The van der Waals surface area contributed by atoms with Crippen LogP contribution in [0.1, 0.15) is 39.0 Å². The highest BCUT2D eigenvalue weighted by Gasteiger charge is 2.34. The zero-order chi connectivity index (χ0) is 15.9. The fraction of sp³-hybridized carbons (Fsp3) is 0.562. The summed E-state index contributed by atoms with van der Waals surface area (Å²) in [7, 11) is -1.27. The second kappa shape index (κ2) is 5.44. The predicted octanol–water partition coefficient (Wildman–Crippen LogP) is 2.18. The van der Waals surface area contributed by atoms with Crippen LogP contribution >= 0.6 is 0 Å². The van der Waals surface area contributed by atoms with Gasteiger partial charge in [-0.3, -0.25) is 4.79 Å². The van der Waals surface area contributed by atoms with E-state index in [0.717, 1.165) is 27.8 Å². The van der Waals surface area contributed by atoms with Gasteiger partial charge in [-0.2, -0.15) is 0 Å². The van der Waals surface area contributed by atoms with E-state index in [2.05, 4.69) is 6.07 Å². The van der Waals surface area contributed by atoms with E-state index < -0.39 is 9.84 Å². The maximum absolute atomic E-state index is 12.8. The predicted molar refractivity (Wildman–Crippen MR) is 84.5 cm³/mol. The van der Waals surface area contributed by atoms with Crippen molar-refractivity contribution in [2.75, 3.05) is 18.6 Å². The van der Waals surface area contributed by atoms with Crippen molar-refractivity contribution in [1.82, 2.24) is 4.90 Å². The molecule has 0 aliphatic carbocycles. The minimum atomic E-state index is -2.99. The minimum Gasteiger partial charge on any atom is -0.338 e. The Morgan fingerprint density at radius 2 is 1.67 bits per heavy atom. The highest BCUT2D eigenvalue weighted by molar-refractivity contribution is 7.91. The number of hydrogen-bond donors (Lipinski definition) is 0. The van der Waals surface area contributed by atoms with Crippen LogP contribution in [0.15, 0.2) is 6.07 Å². The van der Waals surface area contributed by atoms with Crippen LogP contribution in [0, 0.1) is 27.7 Å². The molecule has 0 radical (unpaired) electrons. The van der Waals surface area contributed by atoms with Gasteiger partial charge in [0.2, 0.25) is 0 Å². The molecule has 1 atom stereocenters. The van der Waals surface area contributed by atoms with Gasteiger partial charge in [0.25, 0.3) is 5.91 Å². The van der Waals surface area contributed by atoms with Crippen molar-refractivity contribution in [3.05, 3.63) is 33.9 Å². The first kappa shape index (κ1) is 16.0. The number of sulfone groups is 1. The standard InChI is InChI=1S/C16H23NO3S/c1-10-8-11(2)13(4)15(12(10)3)16(18)17(5)14-6-7-21(19,20)9-14/h8,14H,6-7,9H2,1-5H3. The van der Waals surface area contributed by atoms with E-state index in [-0.39, 0.29) is 23.5 Å². The molecule has 1 unspecified atom stereocenters. The van der Waals surface area contributed by atoms with Gasteiger partial charge in [-0.1, -0.05) is 6.07 Å². The van der Waals surface area contributed by atoms with Gasteiger partial charge in [-0.15, -0.1) is 0 Å². The fourth-order valence-corrected chi connectivity index (χ4v) is 4.74. The van der Waals surface area contributed by atoms with E-state index in [1.807, 2.05) is 27.7 Å². The SMILES string of the molecule is Cc1cc(C)c(C)c(C(=O)N(C)C2CCS(=O)(=O)C2)c1C. The van der Waals surface area contributed by atoms with Gasteiger partial charge in [0.15, 0.2) is 9.84 Å². The summed E-state index contributed by atoms with van der Waals surface area (Å²) in [4.78, 5) is 14.4. The molecule has 0 aromatic heterocycles. The average Bonchev–Trinajstić information content (AvgIpc) is 2.76. The average molecular weight is 309 g/mol. The Bertz CT molecular complexity index is 666. The van der Waals surface area contributed by atoms with Crippen LogP contribution in [0.25, 0.3) is 0 Å². The second-order valence-electron chi connectivity index (χ2n) is 6.11. The summed E-state index contributed by atoms with van der Waals surface area (Å²) in [6.45, 7) is 7.90. The molecule has 21 heavy (non-hydrogen) atoms. The molecule has 4 nitrogen and oxygen atoms in total. The van der Waals surface area contributed by atoms with Gasteiger partial charge in [0.1, 0.15) is 0 Å². The molecule has 116 valence electrons. The molecule has 2 rings (SSSR count). The zero-order valence-corrected chi connectivity index (χ0v) is 14.2. The molecule has 0 saturated carbocycles. The molecule has 1 aliphatic rings. The number of amides is 1. The summed E-state index contributed by atoms with van der Waals surface area (Å²) in [5, 5.41) is 0. The molecule has 1 heterocycles. The summed E-state index contributed by atoms with van der Waals surface area (Å²) in [6, 6.07) is 1.88. The van der Waals surface area contributed by atoms with Gasteiger partial charge in [-0.25, -0.2) is 8.42 Å². The third-order valence-electron chi connectivity index (χ3n) is 4.66. The quantitative estimate of drug-likeness (QED) is 0.841. The lowest BCUT2D eigenvalue weighted by Crippen LogP contribution is -2.38. The summed E-state index contributed by atoms with van der Waals surface area (Å²) < 4.78 is 23.2. The van der Waals surface area contributed by atoms with Crippen molar-refractivity contribution in [2.45, 2.75) is 40.2 Å². The Morgan fingerprint density at radius 3 is 2.10 bits per heavy atom. The molecule has 5 heteroatoms. The molecule has 1 aliphatic heterocycles. The largest absolute Gasteiger partial charge is 0.338 e. The van der Waals surface area contributed by atoms with E-state index in [4.69, 9.17) is 0 Å². The second-order valence-corrected chi connectivity index (χ2v) is 8.34. The van der Waals surface area contributed by atoms with Gasteiger partial charge in [-0.05, 0) is 56.4 Å². The Kier molecular flexibility index (Phi) is 4.15. The number of rotatable bonds is 2. The molecule has 1 aromatic carbocycles. The molecule has 0 bridgehead atoms. The first-order valence-corrected chi connectivity index (χ1v) is 9.01. The van der Waals surface area contributed by atoms with Gasteiger partial charge >= 0.3 is 0 Å². The maximum atomic E-state index is 12.8. The Morgan fingerprint density at radius 1 is 1.14 bits per heavy atom. The first-order chi connectivity index (χ1) is 9.64. The molecular formula is C16H23NO3S. The van der Waals surface area contributed by atoms with Gasteiger partial charge < -0.3 is 4.90 Å². The van der Waals surface area contributed by atoms with E-state index in [1.54, 1.807) is 11.9 Å². The number of carbonyl (C=O) groups excluding carboxylic acids is 1. The topological polar surface area (TPSA) is 54.5 Å². The summed E-state index contributed by atoms with van der Waals surface area (Å²) >= 11 is 0. The number of benzene rings is 1. The van der Waals surface area contributed by atoms with Crippen molar-refractivity contribution >= 4 is 15.7 Å². The summed E-state index contributed by atoms with van der Waals surface area (Å²) in [6.07, 6.45) is 0.535. The Labute approximate surface area is 127 Å². The van der Waals surface area contributed by atoms with Crippen molar-refractivity contribution in [3.8, 4) is 0 Å². The van der Waals surface area contributed by atoms with Crippen molar-refractivity contribution in [3.63, 3.8) is 0 Å². The fourth-order valence-electron chi connectivity index (χ4n) is 2.96. The summed E-state index contributed by atoms with van der Waals surface area (Å²) in [5.74, 6) is 0.192. The van der Waals surface area contributed by atoms with Crippen LogP contribution in [0.5, 0.6) is 0 Å². The lowest BCUT2D eigenvalue weighted by molar-refractivity contribution is 0.0746. The Hall–Kier alpha value is -1.36. The number of nitrogens with zero attached hydrogens (tertiary/aromatic N) is 1. The van der Waals surface area contributed by atoms with Crippen molar-refractivity contribution in [1.29, 1.82) is 0 Å². The van der Waals surface area contributed by atoms with E-state index in [0.29, 0.717) is 6.42 Å². The van der Waals surface area contributed by atoms with Gasteiger partial charge in [0, 0.05) is 18.7 Å². The molecule has 1 aromatic rings. The highest BCUT2D eigenvalue weighted by atomic mass is 32.2. The first-order valence-electron chi connectivity index (χ1n) is 7.19. The van der Waals surface area contributed by atoms with Crippen LogP contribution in [-0.4, -0.2) is 43.8 Å². The van der Waals surface area contributed by atoms with Crippen molar-refractivity contribution in [2.24, 2.45) is 0 Å². The number of hydrogen-bond acceptors (Lipinski definition) is 3. The smallest absolute Gasteiger partial charge is 0.254 e. The molecular weight excluding hydrogens is 286 g/mol. The molecule has 1 saturated heterocycles. The van der Waals surface area contributed by atoms with E-state index in [9.17, 15) is 13.2 Å². The normalized spacial score (nSPS) is 20.5. The third kappa shape index (κ3) is 2.98. The van der Waals surface area contributed by atoms with Crippen LogP contribution in [0.2, 0.25) is 0 Å². The van der Waals surface area contributed by atoms with Crippen LogP contribution in [-0.2, 0) is 9.84 Å². The number of carbonyl (C=O) groups is 1. The van der Waals surface area contributed by atoms with Crippen LogP contribution in [0.3, 0.4) is 0 Å². The third-order valence-corrected chi connectivity index (χ3v) is 6.41. The highest BCUT2D eigenvalue weighted by Crippen LogP contribution is 2.25. The van der Waals surface area contributed by atoms with Gasteiger partial charge in [0.05, 0.1) is 11.5 Å². The molecule has 0 N–H and O–H groups in total. The van der Waals surface area contributed by atoms with E-state index >= 15 is 0 Å². The summed E-state index contributed by atoms with van der Waals surface area (Å²) in [5.41, 5.74) is 4.87.